The molecule has 2 aliphatic carbocycles. The zero-order valence-corrected chi connectivity index (χ0v) is 31.5. The van der Waals surface area contributed by atoms with Gasteiger partial charge in [0.05, 0.1) is 33.5 Å². The third-order valence-electron chi connectivity index (χ3n) is 11.8. The first-order chi connectivity index (χ1) is 27.2. The van der Waals surface area contributed by atoms with Crippen molar-refractivity contribution in [3.63, 3.8) is 0 Å². The average Bonchev–Trinajstić information content (AvgIpc) is 4.09. The Morgan fingerprint density at radius 1 is 0.364 bits per heavy atom. The molecule has 2 heterocycles. The van der Waals surface area contributed by atoms with E-state index < -0.39 is 11.1 Å². The van der Waals surface area contributed by atoms with Crippen molar-refractivity contribution in [2.75, 3.05) is 0 Å². The van der Waals surface area contributed by atoms with Gasteiger partial charge in [0, 0.05) is 12.4 Å². The van der Waals surface area contributed by atoms with Crippen molar-refractivity contribution >= 4 is 11.8 Å². The summed E-state index contributed by atoms with van der Waals surface area (Å²) in [6, 6.07) is 65.3. The lowest BCUT2D eigenvalue weighted by atomic mass is 9.77. The molecule has 2 aliphatic rings. The molecule has 0 aliphatic heterocycles. The highest BCUT2D eigenvalue weighted by molar-refractivity contribution is 8.01. The van der Waals surface area contributed by atoms with Crippen molar-refractivity contribution in [3.05, 3.63) is 252 Å². The quantitative estimate of drug-likeness (QED) is 0.117. The van der Waals surface area contributed by atoms with Crippen LogP contribution in [0.1, 0.15) is 70.5 Å². The minimum Gasteiger partial charge on any atom is -0.319 e. The molecule has 2 fully saturated rings. The summed E-state index contributed by atoms with van der Waals surface area (Å²) >= 11 is 2.10. The van der Waals surface area contributed by atoms with Crippen LogP contribution in [0.4, 0.5) is 0 Å². The lowest BCUT2D eigenvalue weighted by Crippen LogP contribution is -2.37. The number of aromatic nitrogens is 4. The highest BCUT2D eigenvalue weighted by atomic mass is 32.2. The lowest BCUT2D eigenvalue weighted by molar-refractivity contribution is 0.514. The van der Waals surface area contributed by atoms with Crippen LogP contribution in [0, 0.1) is 0 Å². The number of imidazole rings is 2. The van der Waals surface area contributed by atoms with E-state index in [2.05, 4.69) is 228 Å². The van der Waals surface area contributed by atoms with E-state index in [0.29, 0.717) is 0 Å². The minimum atomic E-state index is -0.582. The van der Waals surface area contributed by atoms with Crippen molar-refractivity contribution < 1.29 is 0 Å². The molecule has 6 aromatic carbocycles. The summed E-state index contributed by atoms with van der Waals surface area (Å²) in [7, 11) is 0. The number of hydrogen-bond acceptors (Lipinski definition) is 3. The fourth-order valence-corrected chi connectivity index (χ4v) is 10.7. The van der Waals surface area contributed by atoms with Gasteiger partial charge in [-0.15, -0.1) is 11.8 Å². The van der Waals surface area contributed by atoms with Gasteiger partial charge >= 0.3 is 0 Å². The van der Waals surface area contributed by atoms with Gasteiger partial charge in [0.1, 0.15) is 11.1 Å². The Bertz CT molecular complexity index is 2130. The SMILES string of the molecule is c1ccc(C(c2ccccc2)(c2ccccc2)n2cnc(C3(SC4(c5cn(C(c6ccccc6)(c6ccccc6)c6ccccc6)cn5)CC4)CC3)c2)cc1. The summed E-state index contributed by atoms with van der Waals surface area (Å²) in [6.07, 6.45) is 13.3. The maximum atomic E-state index is 5.28. The predicted octanol–water partition coefficient (Wildman–Crippen LogP) is 11.2. The molecule has 268 valence electrons. The molecule has 0 unspecified atom stereocenters. The monoisotopic (exact) mass is 730 g/mol. The number of hydrogen-bond donors (Lipinski definition) is 0. The molecule has 8 aromatic rings. The summed E-state index contributed by atoms with van der Waals surface area (Å²) in [4.78, 5) is 10.6. The highest BCUT2D eigenvalue weighted by Gasteiger charge is 2.59. The van der Waals surface area contributed by atoms with Crippen LogP contribution in [0.25, 0.3) is 0 Å². The fourth-order valence-electron chi connectivity index (χ4n) is 8.88. The normalized spacial score (nSPS) is 15.7. The molecule has 2 saturated carbocycles. The molecule has 0 radical (unpaired) electrons. The first-order valence-electron chi connectivity index (χ1n) is 19.3. The van der Waals surface area contributed by atoms with Crippen LogP contribution in [-0.2, 0) is 20.6 Å². The zero-order valence-electron chi connectivity index (χ0n) is 30.7. The van der Waals surface area contributed by atoms with Gasteiger partial charge in [0.25, 0.3) is 0 Å². The maximum Gasteiger partial charge on any atom is 0.121 e. The van der Waals surface area contributed by atoms with Gasteiger partial charge in [-0.3, -0.25) is 0 Å². The molecule has 0 saturated heterocycles. The van der Waals surface area contributed by atoms with E-state index in [9.17, 15) is 0 Å². The first kappa shape index (κ1) is 33.6. The smallest absolute Gasteiger partial charge is 0.121 e. The average molecular weight is 731 g/mol. The van der Waals surface area contributed by atoms with Crippen LogP contribution in [0.5, 0.6) is 0 Å². The molecular weight excluding hydrogens is 689 g/mol. The Morgan fingerprint density at radius 2 is 0.600 bits per heavy atom. The second kappa shape index (κ2) is 13.4. The Balaban J connectivity index is 1.05. The highest BCUT2D eigenvalue weighted by Crippen LogP contribution is 2.70. The van der Waals surface area contributed by atoms with E-state index in [-0.39, 0.29) is 9.49 Å². The van der Waals surface area contributed by atoms with Crippen molar-refractivity contribution in [3.8, 4) is 0 Å². The molecular formula is C50H42N4S. The standard InChI is InChI=1S/C50H42N4S/c1-7-19-39(20-8-1)49(40-21-9-2-10-22-40,41-23-11-3-12-24-41)53-35-45(51-37-53)47(31-32-47)55-48(33-34-48)46-36-54(38-52-46)50(42-25-13-4-14-26-42,43-27-15-5-16-28-43)44-29-17-6-18-30-44/h1-30,35-38H,31-34H2. The van der Waals surface area contributed by atoms with Gasteiger partial charge in [0.15, 0.2) is 0 Å². The molecule has 4 nitrogen and oxygen atoms in total. The van der Waals surface area contributed by atoms with E-state index in [0.717, 1.165) is 37.1 Å². The fraction of sp³-hybridized carbons (Fsp3) is 0.160. The molecule has 2 aromatic heterocycles. The Kier molecular flexibility index (Phi) is 8.22. The molecule has 0 spiro atoms. The van der Waals surface area contributed by atoms with Crippen LogP contribution >= 0.6 is 11.8 Å². The van der Waals surface area contributed by atoms with Gasteiger partial charge in [-0.2, -0.15) is 0 Å². The molecule has 0 amide bonds. The molecule has 0 N–H and O–H groups in total. The Labute approximate surface area is 327 Å². The second-order valence-corrected chi connectivity index (χ2v) is 16.8. The number of benzene rings is 6. The predicted molar refractivity (Wildman–Crippen MR) is 223 cm³/mol. The van der Waals surface area contributed by atoms with Crippen molar-refractivity contribution in [1.82, 2.24) is 19.1 Å². The number of thioether (sulfide) groups is 1. The zero-order chi connectivity index (χ0) is 36.8. The van der Waals surface area contributed by atoms with E-state index in [1.807, 2.05) is 0 Å². The molecule has 0 atom stereocenters. The summed E-state index contributed by atoms with van der Waals surface area (Å²) < 4.78 is 4.61. The van der Waals surface area contributed by atoms with Gasteiger partial charge in [-0.05, 0) is 59.1 Å². The lowest BCUT2D eigenvalue weighted by Gasteiger charge is -2.37. The topological polar surface area (TPSA) is 35.6 Å². The van der Waals surface area contributed by atoms with Gasteiger partial charge in [-0.25, -0.2) is 9.97 Å². The molecule has 5 heteroatoms. The third-order valence-corrected chi connectivity index (χ3v) is 13.8. The van der Waals surface area contributed by atoms with Crippen LogP contribution < -0.4 is 0 Å². The van der Waals surface area contributed by atoms with Crippen molar-refractivity contribution in [2.24, 2.45) is 0 Å². The molecule has 55 heavy (non-hydrogen) atoms. The van der Waals surface area contributed by atoms with E-state index >= 15 is 0 Å². The maximum absolute atomic E-state index is 5.28. The van der Waals surface area contributed by atoms with E-state index in [4.69, 9.17) is 9.97 Å². The number of nitrogens with zero attached hydrogens (tertiary/aromatic N) is 4. The van der Waals surface area contributed by atoms with Crippen LogP contribution in [-0.4, -0.2) is 19.1 Å². The summed E-state index contributed by atoms with van der Waals surface area (Å²) in [5, 5.41) is 0. The summed E-state index contributed by atoms with van der Waals surface area (Å²) in [6.45, 7) is 0. The van der Waals surface area contributed by atoms with Crippen LogP contribution in [0.3, 0.4) is 0 Å². The molecule has 0 bridgehead atoms. The first-order valence-corrected chi connectivity index (χ1v) is 20.1. The van der Waals surface area contributed by atoms with E-state index in [1.165, 1.54) is 33.4 Å². The van der Waals surface area contributed by atoms with Gasteiger partial charge < -0.3 is 9.13 Å². The second-order valence-electron chi connectivity index (χ2n) is 15.0. The Hall–Kier alpha value is -5.91. The largest absolute Gasteiger partial charge is 0.319 e. The summed E-state index contributed by atoms with van der Waals surface area (Å²) in [5.41, 5.74) is 8.38. The van der Waals surface area contributed by atoms with Crippen molar-refractivity contribution in [2.45, 2.75) is 46.3 Å². The van der Waals surface area contributed by atoms with Crippen LogP contribution in [0.15, 0.2) is 207 Å². The van der Waals surface area contributed by atoms with Gasteiger partial charge in [0.2, 0.25) is 0 Å². The summed E-state index contributed by atoms with van der Waals surface area (Å²) in [5.74, 6) is 0. The molecule has 10 rings (SSSR count). The Morgan fingerprint density at radius 3 is 0.818 bits per heavy atom. The minimum absolute atomic E-state index is 0.0588. The van der Waals surface area contributed by atoms with Crippen molar-refractivity contribution in [1.29, 1.82) is 0 Å². The number of rotatable bonds is 12. The van der Waals surface area contributed by atoms with Crippen LogP contribution in [0.2, 0.25) is 0 Å². The van der Waals surface area contributed by atoms with Gasteiger partial charge in [-0.1, -0.05) is 182 Å². The van der Waals surface area contributed by atoms with E-state index in [1.54, 1.807) is 0 Å². The third kappa shape index (κ3) is 5.52.